The average Bonchev–Trinajstić information content (AvgIpc) is 2.55. The van der Waals surface area contributed by atoms with Crippen molar-refractivity contribution in [2.24, 2.45) is 5.10 Å². The number of hydrazone groups is 1. The summed E-state index contributed by atoms with van der Waals surface area (Å²) in [5.41, 5.74) is 3.77. The Hall–Kier alpha value is -1.13. The van der Waals surface area contributed by atoms with Crippen molar-refractivity contribution >= 4 is 66.6 Å². The summed E-state index contributed by atoms with van der Waals surface area (Å²) in [5.74, 6) is 1.03. The molecule has 0 aliphatic heterocycles. The number of hydrogen-bond acceptors (Lipinski definition) is 4. The minimum atomic E-state index is -0.312. The molecule has 0 bridgehead atoms. The number of nitrogens with one attached hydrogen (secondary N) is 1. The lowest BCUT2D eigenvalue weighted by Gasteiger charge is -2.07. The molecule has 126 valence electrons. The number of hydrogen-bond donors (Lipinski definition) is 1. The number of rotatable bonds is 5. The van der Waals surface area contributed by atoms with Crippen LogP contribution >= 0.6 is 54.5 Å². The van der Waals surface area contributed by atoms with Crippen LogP contribution in [0, 0.1) is 3.57 Å². The van der Waals surface area contributed by atoms with Crippen LogP contribution in [0.1, 0.15) is 15.9 Å². The Morgan fingerprint density at radius 1 is 1.17 bits per heavy atom. The van der Waals surface area contributed by atoms with Crippen LogP contribution in [-0.4, -0.2) is 26.3 Å². The quantitative estimate of drug-likeness (QED) is 0.326. The first-order valence-electron chi connectivity index (χ1n) is 6.66. The highest BCUT2D eigenvalue weighted by atomic mass is 127. The van der Waals surface area contributed by atoms with E-state index in [1.165, 1.54) is 0 Å². The van der Waals surface area contributed by atoms with Crippen molar-refractivity contribution < 1.29 is 14.3 Å². The molecule has 0 atom stereocenters. The van der Waals surface area contributed by atoms with Crippen LogP contribution in [0.3, 0.4) is 0 Å². The van der Waals surface area contributed by atoms with Crippen molar-refractivity contribution in [3.63, 3.8) is 0 Å². The van der Waals surface area contributed by atoms with Gasteiger partial charge < -0.3 is 9.47 Å². The van der Waals surface area contributed by atoms with Gasteiger partial charge in [-0.3, -0.25) is 4.79 Å². The SMILES string of the molecule is COc1cc(C(=O)NN=Cc2cc(Br)c(OC)c(Br)c2)ccc1I. The zero-order valence-electron chi connectivity index (χ0n) is 12.8. The van der Waals surface area contributed by atoms with Gasteiger partial charge in [-0.1, -0.05) is 0 Å². The Labute approximate surface area is 170 Å². The minimum Gasteiger partial charge on any atom is -0.496 e. The molecule has 0 aromatic heterocycles. The lowest BCUT2D eigenvalue weighted by atomic mass is 10.2. The Morgan fingerprint density at radius 2 is 1.83 bits per heavy atom. The summed E-state index contributed by atoms with van der Waals surface area (Å²) in [4.78, 5) is 12.1. The highest BCUT2D eigenvalue weighted by Gasteiger charge is 2.09. The molecule has 0 fully saturated rings. The van der Waals surface area contributed by atoms with E-state index in [1.54, 1.807) is 32.6 Å². The predicted molar refractivity (Wildman–Crippen MR) is 109 cm³/mol. The fourth-order valence-corrected chi connectivity index (χ4v) is 3.98. The van der Waals surface area contributed by atoms with Gasteiger partial charge >= 0.3 is 0 Å². The molecule has 0 spiro atoms. The Bertz CT molecular complexity index is 774. The lowest BCUT2D eigenvalue weighted by Crippen LogP contribution is -2.17. The van der Waals surface area contributed by atoms with Crippen molar-refractivity contribution in [1.29, 1.82) is 0 Å². The van der Waals surface area contributed by atoms with Gasteiger partial charge in [0.1, 0.15) is 11.5 Å². The summed E-state index contributed by atoms with van der Waals surface area (Å²) in [5, 5.41) is 3.98. The van der Waals surface area contributed by atoms with E-state index in [1.807, 2.05) is 18.2 Å². The number of amides is 1. The molecule has 24 heavy (non-hydrogen) atoms. The summed E-state index contributed by atoms with van der Waals surface area (Å²) < 4.78 is 13.0. The van der Waals surface area contributed by atoms with Crippen molar-refractivity contribution in [3.05, 3.63) is 54.0 Å². The normalized spacial score (nSPS) is 10.7. The Kier molecular flexibility index (Phi) is 7.05. The van der Waals surface area contributed by atoms with Gasteiger partial charge in [0, 0.05) is 5.56 Å². The maximum atomic E-state index is 12.1. The van der Waals surface area contributed by atoms with E-state index >= 15 is 0 Å². The fraction of sp³-hybridized carbons (Fsp3) is 0.125. The molecule has 0 unspecified atom stereocenters. The molecule has 5 nitrogen and oxygen atoms in total. The second-order valence-electron chi connectivity index (χ2n) is 4.57. The summed E-state index contributed by atoms with van der Waals surface area (Å²) >= 11 is 8.98. The van der Waals surface area contributed by atoms with Gasteiger partial charge in [-0.2, -0.15) is 5.10 Å². The van der Waals surface area contributed by atoms with Crippen LogP contribution < -0.4 is 14.9 Å². The van der Waals surface area contributed by atoms with E-state index in [0.29, 0.717) is 17.1 Å². The summed E-state index contributed by atoms with van der Waals surface area (Å²) in [6, 6.07) is 8.89. The van der Waals surface area contributed by atoms with E-state index in [0.717, 1.165) is 18.1 Å². The minimum absolute atomic E-state index is 0.312. The fourth-order valence-electron chi connectivity index (χ4n) is 1.88. The lowest BCUT2D eigenvalue weighted by molar-refractivity contribution is 0.0954. The molecular weight excluding hydrogens is 555 g/mol. The number of ether oxygens (including phenoxy) is 2. The second-order valence-corrected chi connectivity index (χ2v) is 7.44. The molecule has 1 amide bonds. The van der Waals surface area contributed by atoms with Crippen LogP contribution in [0.25, 0.3) is 0 Å². The predicted octanol–water partition coefficient (Wildman–Crippen LogP) is 4.60. The first kappa shape index (κ1) is 19.2. The molecule has 0 aliphatic rings. The number of nitrogens with zero attached hydrogens (tertiary/aromatic N) is 1. The molecular formula is C16H13Br2IN2O3. The highest BCUT2D eigenvalue weighted by molar-refractivity contribution is 14.1. The number of methoxy groups -OCH3 is 2. The molecule has 2 aromatic rings. The molecule has 0 radical (unpaired) electrons. The van der Waals surface area contributed by atoms with Crippen molar-refractivity contribution in [3.8, 4) is 11.5 Å². The molecule has 2 aromatic carbocycles. The molecule has 0 heterocycles. The molecule has 1 N–H and O–H groups in total. The first-order chi connectivity index (χ1) is 11.5. The zero-order valence-corrected chi connectivity index (χ0v) is 18.1. The molecule has 0 saturated carbocycles. The number of carbonyl (C=O) groups excluding carboxylic acids is 1. The van der Waals surface area contributed by atoms with Gasteiger partial charge in [0.2, 0.25) is 0 Å². The van der Waals surface area contributed by atoms with Crippen LogP contribution in [0.4, 0.5) is 0 Å². The first-order valence-corrected chi connectivity index (χ1v) is 9.32. The largest absolute Gasteiger partial charge is 0.496 e. The van der Waals surface area contributed by atoms with Crippen LogP contribution in [0.15, 0.2) is 44.4 Å². The highest BCUT2D eigenvalue weighted by Crippen LogP contribution is 2.33. The summed E-state index contributed by atoms with van der Waals surface area (Å²) in [6.07, 6.45) is 1.55. The molecule has 2 rings (SSSR count). The summed E-state index contributed by atoms with van der Waals surface area (Å²) in [7, 11) is 3.16. The maximum Gasteiger partial charge on any atom is 0.271 e. The van der Waals surface area contributed by atoms with Crippen LogP contribution in [0.5, 0.6) is 11.5 Å². The van der Waals surface area contributed by atoms with Gasteiger partial charge in [0.25, 0.3) is 5.91 Å². The maximum absolute atomic E-state index is 12.1. The smallest absolute Gasteiger partial charge is 0.271 e. The van der Waals surface area contributed by atoms with Crippen molar-refractivity contribution in [1.82, 2.24) is 5.43 Å². The van der Waals surface area contributed by atoms with Crippen molar-refractivity contribution in [2.45, 2.75) is 0 Å². The third-order valence-electron chi connectivity index (χ3n) is 3.02. The van der Waals surface area contributed by atoms with E-state index in [2.05, 4.69) is 65.0 Å². The van der Waals surface area contributed by atoms with E-state index in [4.69, 9.17) is 9.47 Å². The topological polar surface area (TPSA) is 59.9 Å². The van der Waals surface area contributed by atoms with Crippen molar-refractivity contribution in [2.75, 3.05) is 14.2 Å². The molecule has 8 heteroatoms. The number of benzene rings is 2. The molecule has 0 saturated heterocycles. The Balaban J connectivity index is 2.10. The van der Waals surface area contributed by atoms with Gasteiger partial charge in [0.15, 0.2) is 0 Å². The monoisotopic (exact) mass is 566 g/mol. The average molecular weight is 568 g/mol. The van der Waals surface area contributed by atoms with E-state index in [-0.39, 0.29) is 5.91 Å². The third kappa shape index (κ3) is 4.70. The van der Waals surface area contributed by atoms with E-state index < -0.39 is 0 Å². The van der Waals surface area contributed by atoms with Gasteiger partial charge in [0.05, 0.1) is 32.9 Å². The van der Waals surface area contributed by atoms with Crippen LogP contribution in [-0.2, 0) is 0 Å². The third-order valence-corrected chi connectivity index (χ3v) is 5.09. The van der Waals surface area contributed by atoms with Gasteiger partial charge in [-0.25, -0.2) is 5.43 Å². The van der Waals surface area contributed by atoms with Gasteiger partial charge in [-0.15, -0.1) is 0 Å². The zero-order chi connectivity index (χ0) is 17.7. The van der Waals surface area contributed by atoms with Gasteiger partial charge in [-0.05, 0) is 90.3 Å². The van der Waals surface area contributed by atoms with E-state index in [9.17, 15) is 4.79 Å². The standard InChI is InChI=1S/C16H13Br2IN2O3/c1-23-14-7-10(3-4-13(14)19)16(22)21-20-8-9-5-11(17)15(24-2)12(18)6-9/h3-8H,1-2H3,(H,21,22). The Morgan fingerprint density at radius 3 is 2.42 bits per heavy atom. The molecule has 0 aliphatic carbocycles. The number of halogens is 3. The number of carbonyl (C=O) groups is 1. The second kappa shape index (κ2) is 8.82. The van der Waals surface area contributed by atoms with Crippen LogP contribution in [0.2, 0.25) is 0 Å². The summed E-state index contributed by atoms with van der Waals surface area (Å²) in [6.45, 7) is 0.